The maximum Gasteiger partial charge on any atom is 0.389 e. The Morgan fingerprint density at radius 2 is 1.82 bits per heavy atom. The van der Waals surface area contributed by atoms with Gasteiger partial charge in [-0.05, 0) is 18.6 Å². The molecule has 0 aliphatic carbocycles. The fraction of sp³-hybridized carbons (Fsp3) is 0.250. The molecule has 5 rings (SSSR count). The summed E-state index contributed by atoms with van der Waals surface area (Å²) in [6.45, 7) is 1.90. The van der Waals surface area contributed by atoms with Crippen LogP contribution in [0.5, 0.6) is 0 Å². The maximum absolute atomic E-state index is 12.8. The Bertz CT molecular complexity index is 1380. The Labute approximate surface area is 192 Å². The number of nitrogen functional groups attached to an aromatic ring is 1. The molecule has 7 nitrogen and oxygen atoms in total. The Balaban J connectivity index is 1.64. The number of hydrogen-bond acceptors (Lipinski definition) is 6. The molecule has 0 spiro atoms. The lowest BCUT2D eigenvalue weighted by Gasteiger charge is -2.29. The quantitative estimate of drug-likeness (QED) is 0.428. The first-order valence-corrected chi connectivity index (χ1v) is 10.7. The van der Waals surface area contributed by atoms with Crippen LogP contribution in [-0.2, 0) is 16.6 Å². The predicted octanol–water partition coefficient (Wildman–Crippen LogP) is 4.19. The van der Waals surface area contributed by atoms with Crippen molar-refractivity contribution < 1.29 is 18.0 Å². The van der Waals surface area contributed by atoms with Gasteiger partial charge in [-0.25, -0.2) is 0 Å². The summed E-state index contributed by atoms with van der Waals surface area (Å²) < 4.78 is 39.9. The molecule has 2 aromatic carbocycles. The molecule has 0 saturated carbocycles. The van der Waals surface area contributed by atoms with E-state index in [1.165, 1.54) is 4.68 Å². The number of aromatic nitrogens is 4. The molecule has 1 aliphatic heterocycles. The number of nitrogens with two attached hydrogens (primary N) is 1. The van der Waals surface area contributed by atoms with E-state index in [1.807, 2.05) is 37.3 Å². The summed E-state index contributed by atoms with van der Waals surface area (Å²) in [6, 6.07) is 15.8. The molecule has 1 aliphatic rings. The molecule has 2 aromatic heterocycles. The standard InChI is InChI=1S/C24H21F3N6O/c1-23(14-7-3-2-4-8-14)18(13-34)29-21-19(23)20(28)30-22(31-21)33-17-10-6-5-9-15(17)16(32-33)11-12-24(25,26)27/h2-10,13,18H,11-12H2,1H3,(H3,28,29,30,31). The molecule has 174 valence electrons. The molecule has 3 heterocycles. The Kier molecular flexibility index (Phi) is 5.03. The highest BCUT2D eigenvalue weighted by Gasteiger charge is 2.47. The van der Waals surface area contributed by atoms with E-state index in [0.717, 1.165) is 11.8 Å². The number of halogens is 3. The first kappa shape index (κ1) is 21.9. The number of aldehydes is 1. The Morgan fingerprint density at radius 1 is 1.12 bits per heavy atom. The summed E-state index contributed by atoms with van der Waals surface area (Å²) in [5.74, 6) is 0.669. The summed E-state index contributed by atoms with van der Waals surface area (Å²) in [4.78, 5) is 21.1. The predicted molar refractivity (Wildman–Crippen MR) is 122 cm³/mol. The summed E-state index contributed by atoms with van der Waals surface area (Å²) in [7, 11) is 0. The summed E-state index contributed by atoms with van der Waals surface area (Å²) in [5.41, 5.74) is 7.93. The minimum absolute atomic E-state index is 0.111. The van der Waals surface area contributed by atoms with Crippen LogP contribution in [0, 0.1) is 0 Å². The van der Waals surface area contributed by atoms with Crippen molar-refractivity contribution in [1.82, 2.24) is 19.7 Å². The average molecular weight is 466 g/mol. The van der Waals surface area contributed by atoms with Crippen LogP contribution in [0.25, 0.3) is 16.9 Å². The summed E-state index contributed by atoms with van der Waals surface area (Å²) in [6.07, 6.45) is -4.74. The lowest BCUT2D eigenvalue weighted by Crippen LogP contribution is -2.38. The fourth-order valence-corrected chi connectivity index (χ4v) is 4.63. The normalized spacial score (nSPS) is 19.7. The number of rotatable bonds is 5. The Hall–Kier alpha value is -3.95. The van der Waals surface area contributed by atoms with Crippen molar-refractivity contribution in [3.63, 3.8) is 0 Å². The van der Waals surface area contributed by atoms with E-state index in [1.54, 1.807) is 24.3 Å². The third-order valence-electron chi connectivity index (χ3n) is 6.37. The topological polar surface area (TPSA) is 98.7 Å². The molecule has 0 fully saturated rings. The van der Waals surface area contributed by atoms with Crippen molar-refractivity contribution in [3.05, 3.63) is 71.4 Å². The van der Waals surface area contributed by atoms with Crippen LogP contribution in [0.15, 0.2) is 54.6 Å². The lowest BCUT2D eigenvalue weighted by molar-refractivity contribution is -0.134. The van der Waals surface area contributed by atoms with E-state index in [9.17, 15) is 18.0 Å². The van der Waals surface area contributed by atoms with Gasteiger partial charge < -0.3 is 15.8 Å². The van der Waals surface area contributed by atoms with Gasteiger partial charge in [-0.3, -0.25) is 0 Å². The van der Waals surface area contributed by atoms with E-state index < -0.39 is 24.1 Å². The zero-order valence-corrected chi connectivity index (χ0v) is 18.2. The smallest absolute Gasteiger partial charge is 0.383 e. The van der Waals surface area contributed by atoms with E-state index in [0.29, 0.717) is 28.0 Å². The van der Waals surface area contributed by atoms with Crippen LogP contribution in [0.2, 0.25) is 0 Å². The number of benzene rings is 2. The van der Waals surface area contributed by atoms with Gasteiger partial charge >= 0.3 is 6.18 Å². The van der Waals surface area contributed by atoms with Gasteiger partial charge in [0.1, 0.15) is 17.9 Å². The third-order valence-corrected chi connectivity index (χ3v) is 6.37. The van der Waals surface area contributed by atoms with E-state index >= 15 is 0 Å². The molecule has 4 aromatic rings. The average Bonchev–Trinajstić information content (AvgIpc) is 3.34. The highest BCUT2D eigenvalue weighted by atomic mass is 19.4. The van der Waals surface area contributed by atoms with Crippen LogP contribution < -0.4 is 11.1 Å². The molecule has 2 unspecified atom stereocenters. The van der Waals surface area contributed by atoms with Gasteiger partial charge in [-0.2, -0.15) is 32.9 Å². The summed E-state index contributed by atoms with van der Waals surface area (Å²) >= 11 is 0. The third kappa shape index (κ3) is 3.46. The number of nitrogens with zero attached hydrogens (tertiary/aromatic N) is 4. The van der Waals surface area contributed by atoms with Crippen molar-refractivity contribution in [1.29, 1.82) is 0 Å². The van der Waals surface area contributed by atoms with Gasteiger partial charge in [0.2, 0.25) is 0 Å². The van der Waals surface area contributed by atoms with E-state index in [4.69, 9.17) is 5.73 Å². The van der Waals surface area contributed by atoms with Crippen molar-refractivity contribution in [2.45, 2.75) is 37.4 Å². The number of carbonyl (C=O) groups is 1. The highest BCUT2D eigenvalue weighted by molar-refractivity contribution is 5.84. The van der Waals surface area contributed by atoms with E-state index in [2.05, 4.69) is 20.4 Å². The van der Waals surface area contributed by atoms with Crippen LogP contribution in [0.1, 0.15) is 30.2 Å². The summed E-state index contributed by atoms with van der Waals surface area (Å²) in [5, 5.41) is 8.12. The van der Waals surface area contributed by atoms with Crippen molar-refractivity contribution in [2.24, 2.45) is 0 Å². The number of nitrogens with one attached hydrogen (secondary N) is 1. The van der Waals surface area contributed by atoms with Crippen molar-refractivity contribution >= 4 is 28.8 Å². The maximum atomic E-state index is 12.8. The van der Waals surface area contributed by atoms with Gasteiger partial charge in [-0.15, -0.1) is 0 Å². The van der Waals surface area contributed by atoms with E-state index in [-0.39, 0.29) is 18.2 Å². The van der Waals surface area contributed by atoms with Crippen molar-refractivity contribution in [3.8, 4) is 5.95 Å². The molecule has 3 N–H and O–H groups in total. The SMILES string of the molecule is CC1(c2ccccc2)c2c(N)nc(-n3nc(CCC(F)(F)F)c4ccccc43)nc2NC1C=O. The minimum atomic E-state index is -4.30. The molecule has 34 heavy (non-hydrogen) atoms. The number of aryl methyl sites for hydroxylation is 1. The lowest BCUT2D eigenvalue weighted by atomic mass is 9.73. The number of carbonyl (C=O) groups excluding carboxylic acids is 1. The fourth-order valence-electron chi connectivity index (χ4n) is 4.63. The molecule has 0 saturated heterocycles. The molecule has 10 heteroatoms. The van der Waals surface area contributed by atoms with Crippen LogP contribution in [-0.4, -0.2) is 38.3 Å². The molecule has 0 bridgehead atoms. The van der Waals surface area contributed by atoms with Crippen LogP contribution >= 0.6 is 0 Å². The highest BCUT2D eigenvalue weighted by Crippen LogP contribution is 2.46. The van der Waals surface area contributed by atoms with Gasteiger partial charge in [0, 0.05) is 23.8 Å². The van der Waals surface area contributed by atoms with Gasteiger partial charge in [0.15, 0.2) is 0 Å². The molecule has 0 amide bonds. The van der Waals surface area contributed by atoms with Gasteiger partial charge in [0.05, 0.1) is 22.7 Å². The number of hydrogen-bond donors (Lipinski definition) is 2. The van der Waals surface area contributed by atoms with Gasteiger partial charge in [0.25, 0.3) is 5.95 Å². The molecule has 2 atom stereocenters. The number of alkyl halides is 3. The van der Waals surface area contributed by atoms with Crippen LogP contribution in [0.3, 0.4) is 0 Å². The second-order valence-electron chi connectivity index (χ2n) is 8.45. The number of para-hydroxylation sites is 1. The van der Waals surface area contributed by atoms with Crippen molar-refractivity contribution in [2.75, 3.05) is 11.1 Å². The van der Waals surface area contributed by atoms with Gasteiger partial charge in [-0.1, -0.05) is 48.5 Å². The second kappa shape index (κ2) is 7.82. The molecule has 0 radical (unpaired) electrons. The monoisotopic (exact) mass is 466 g/mol. The minimum Gasteiger partial charge on any atom is -0.383 e. The zero-order chi connectivity index (χ0) is 24.1. The van der Waals surface area contributed by atoms with Crippen LogP contribution in [0.4, 0.5) is 24.8 Å². The number of fused-ring (bicyclic) bond motifs is 2. The largest absolute Gasteiger partial charge is 0.389 e. The molecular formula is C24H21F3N6O. The number of anilines is 2. The second-order valence-corrected chi connectivity index (χ2v) is 8.45. The first-order valence-electron chi connectivity index (χ1n) is 10.7. The first-order chi connectivity index (χ1) is 16.2. The Morgan fingerprint density at radius 3 is 2.53 bits per heavy atom. The zero-order valence-electron chi connectivity index (χ0n) is 18.2. The molecular weight excluding hydrogens is 445 g/mol.